The summed E-state index contributed by atoms with van der Waals surface area (Å²) in [5.41, 5.74) is 2.33. The summed E-state index contributed by atoms with van der Waals surface area (Å²) in [4.78, 5) is 15.2. The first kappa shape index (κ1) is 18.2. The lowest BCUT2D eigenvalue weighted by Gasteiger charge is -2.06. The molecule has 1 aromatic heterocycles. The number of aromatic hydroxyl groups is 1. The number of benzene rings is 2. The molecule has 132 valence electrons. The number of hydrogen-bond donors (Lipinski definition) is 1. The molecule has 1 heterocycles. The van der Waals surface area contributed by atoms with Crippen LogP contribution >= 0.6 is 23.2 Å². The first-order valence-corrected chi connectivity index (χ1v) is 8.59. The van der Waals surface area contributed by atoms with Crippen molar-refractivity contribution in [2.45, 2.75) is 13.3 Å². The molecule has 0 aliphatic heterocycles. The van der Waals surface area contributed by atoms with Gasteiger partial charge in [0.2, 0.25) is 0 Å². The molecule has 0 radical (unpaired) electrons. The van der Waals surface area contributed by atoms with Gasteiger partial charge in [0.1, 0.15) is 5.52 Å². The predicted molar refractivity (Wildman–Crippen MR) is 105 cm³/mol. The van der Waals surface area contributed by atoms with Crippen molar-refractivity contribution in [1.82, 2.24) is 4.98 Å². The van der Waals surface area contributed by atoms with Crippen molar-refractivity contribution < 1.29 is 10.0 Å². The van der Waals surface area contributed by atoms with Crippen LogP contribution in [0.1, 0.15) is 23.7 Å². The van der Waals surface area contributed by atoms with Gasteiger partial charge in [-0.2, -0.15) is 0 Å². The molecule has 0 amide bonds. The number of aryl methyl sites for hydroxylation is 1. The molecular weight excluding hydrogens is 375 g/mol. The standard InChI is InChI=1S/C19H14Cl2N2O3/c1-2-12-5-3-11(9-17(12)23(25)26)4-6-13-7-8-14-15(20)10-16(21)19(24)18(14)22-13/h3-10,24H,2H2,1H3/b6-4+. The summed E-state index contributed by atoms with van der Waals surface area (Å²) in [5, 5.41) is 22.4. The molecule has 7 heteroatoms. The predicted octanol–water partition coefficient (Wildman–Crippen LogP) is 5.89. The van der Waals surface area contributed by atoms with Gasteiger partial charge in [-0.15, -0.1) is 0 Å². The summed E-state index contributed by atoms with van der Waals surface area (Å²) in [5.74, 6) is -0.135. The van der Waals surface area contributed by atoms with Gasteiger partial charge in [-0.25, -0.2) is 4.98 Å². The van der Waals surface area contributed by atoms with Crippen LogP contribution in [0.25, 0.3) is 23.1 Å². The van der Waals surface area contributed by atoms with Gasteiger partial charge < -0.3 is 5.11 Å². The van der Waals surface area contributed by atoms with Crippen LogP contribution in [0, 0.1) is 10.1 Å². The van der Waals surface area contributed by atoms with Crippen molar-refractivity contribution in [3.05, 3.63) is 73.4 Å². The quantitative estimate of drug-likeness (QED) is 0.446. The number of aromatic nitrogens is 1. The van der Waals surface area contributed by atoms with E-state index in [9.17, 15) is 15.2 Å². The van der Waals surface area contributed by atoms with E-state index in [0.717, 1.165) is 0 Å². The Morgan fingerprint density at radius 3 is 2.62 bits per heavy atom. The van der Waals surface area contributed by atoms with Gasteiger partial charge in [0.25, 0.3) is 5.69 Å². The molecule has 0 aliphatic rings. The van der Waals surface area contributed by atoms with Crippen LogP contribution in [0.4, 0.5) is 5.69 Å². The highest BCUT2D eigenvalue weighted by molar-refractivity contribution is 6.39. The average Bonchev–Trinajstić information content (AvgIpc) is 2.64. The number of nitrogens with zero attached hydrogens (tertiary/aromatic N) is 2. The first-order valence-electron chi connectivity index (χ1n) is 7.83. The maximum absolute atomic E-state index is 11.2. The van der Waals surface area contributed by atoms with Gasteiger partial charge in [0, 0.05) is 17.0 Å². The zero-order valence-corrected chi connectivity index (χ0v) is 15.3. The lowest BCUT2D eigenvalue weighted by atomic mass is 10.1. The Bertz CT molecular complexity index is 1050. The SMILES string of the molecule is CCc1ccc(/C=C/c2ccc3c(Cl)cc(Cl)c(O)c3n2)cc1[N+](=O)[O-]. The van der Waals surface area contributed by atoms with Crippen molar-refractivity contribution in [3.8, 4) is 5.75 Å². The van der Waals surface area contributed by atoms with E-state index in [1.54, 1.807) is 30.4 Å². The van der Waals surface area contributed by atoms with E-state index in [1.807, 2.05) is 13.0 Å². The fraction of sp³-hybridized carbons (Fsp3) is 0.105. The highest BCUT2D eigenvalue weighted by Crippen LogP contribution is 2.36. The molecule has 26 heavy (non-hydrogen) atoms. The Morgan fingerprint density at radius 1 is 1.15 bits per heavy atom. The monoisotopic (exact) mass is 388 g/mol. The van der Waals surface area contributed by atoms with Gasteiger partial charge in [-0.1, -0.05) is 48.3 Å². The van der Waals surface area contributed by atoms with Crippen LogP contribution in [-0.2, 0) is 6.42 Å². The van der Waals surface area contributed by atoms with E-state index in [0.29, 0.717) is 39.2 Å². The Hall–Kier alpha value is -2.63. The first-order chi connectivity index (χ1) is 12.4. The molecule has 0 fully saturated rings. The highest BCUT2D eigenvalue weighted by atomic mass is 35.5. The fourth-order valence-corrected chi connectivity index (χ4v) is 3.16. The van der Waals surface area contributed by atoms with Crippen LogP contribution in [0.3, 0.4) is 0 Å². The van der Waals surface area contributed by atoms with Crippen LogP contribution in [0.15, 0.2) is 36.4 Å². The Balaban J connectivity index is 2.00. The smallest absolute Gasteiger partial charge is 0.273 e. The van der Waals surface area contributed by atoms with E-state index < -0.39 is 0 Å². The molecule has 5 nitrogen and oxygen atoms in total. The molecule has 0 atom stereocenters. The molecule has 3 rings (SSSR count). The van der Waals surface area contributed by atoms with E-state index in [2.05, 4.69) is 4.98 Å². The van der Waals surface area contributed by atoms with Crippen LogP contribution in [-0.4, -0.2) is 15.0 Å². The number of pyridine rings is 1. The molecule has 0 spiro atoms. The molecule has 2 aromatic carbocycles. The minimum atomic E-state index is -0.382. The topological polar surface area (TPSA) is 76.3 Å². The summed E-state index contributed by atoms with van der Waals surface area (Å²) in [6.45, 7) is 1.87. The molecule has 0 saturated heterocycles. The number of rotatable bonds is 4. The Morgan fingerprint density at radius 2 is 1.92 bits per heavy atom. The van der Waals surface area contributed by atoms with Gasteiger partial charge >= 0.3 is 0 Å². The second-order valence-corrected chi connectivity index (χ2v) is 6.47. The highest BCUT2D eigenvalue weighted by Gasteiger charge is 2.13. The average molecular weight is 389 g/mol. The number of halogens is 2. The summed E-state index contributed by atoms with van der Waals surface area (Å²) >= 11 is 12.1. The molecule has 1 N–H and O–H groups in total. The molecule has 0 unspecified atom stereocenters. The summed E-state index contributed by atoms with van der Waals surface area (Å²) < 4.78 is 0. The van der Waals surface area contributed by atoms with Gasteiger partial charge in [-0.05, 0) is 36.3 Å². The lowest BCUT2D eigenvalue weighted by Crippen LogP contribution is -1.94. The number of hydrogen-bond acceptors (Lipinski definition) is 4. The maximum Gasteiger partial charge on any atom is 0.273 e. The zero-order chi connectivity index (χ0) is 18.8. The minimum absolute atomic E-state index is 0.0947. The maximum atomic E-state index is 11.2. The fourth-order valence-electron chi connectivity index (χ4n) is 2.65. The van der Waals surface area contributed by atoms with Crippen LogP contribution < -0.4 is 0 Å². The van der Waals surface area contributed by atoms with E-state index >= 15 is 0 Å². The van der Waals surface area contributed by atoms with Crippen LogP contribution in [0.5, 0.6) is 5.75 Å². The molecular formula is C19H14Cl2N2O3. The van der Waals surface area contributed by atoms with E-state index in [4.69, 9.17) is 23.2 Å². The van der Waals surface area contributed by atoms with Gasteiger partial charge in [0.15, 0.2) is 5.75 Å². The van der Waals surface area contributed by atoms with Crippen molar-refractivity contribution in [1.29, 1.82) is 0 Å². The summed E-state index contributed by atoms with van der Waals surface area (Å²) in [6, 6.07) is 10.0. The van der Waals surface area contributed by atoms with Crippen molar-refractivity contribution in [3.63, 3.8) is 0 Å². The Labute approximate surface area is 159 Å². The van der Waals surface area contributed by atoms with Crippen LogP contribution in [0.2, 0.25) is 10.0 Å². The van der Waals surface area contributed by atoms with Gasteiger partial charge in [-0.3, -0.25) is 10.1 Å². The second-order valence-electron chi connectivity index (χ2n) is 5.65. The third-order valence-corrected chi connectivity index (χ3v) is 4.61. The third kappa shape index (κ3) is 3.49. The largest absolute Gasteiger partial charge is 0.504 e. The van der Waals surface area contributed by atoms with E-state index in [-0.39, 0.29) is 21.4 Å². The van der Waals surface area contributed by atoms with Gasteiger partial charge in [0.05, 0.1) is 20.7 Å². The summed E-state index contributed by atoms with van der Waals surface area (Å²) in [7, 11) is 0. The third-order valence-electron chi connectivity index (χ3n) is 4.01. The molecule has 0 saturated carbocycles. The number of phenolic OH excluding ortho intramolecular Hbond substituents is 1. The van der Waals surface area contributed by atoms with E-state index in [1.165, 1.54) is 12.1 Å². The number of fused-ring (bicyclic) bond motifs is 1. The lowest BCUT2D eigenvalue weighted by molar-refractivity contribution is -0.385. The van der Waals surface area contributed by atoms with Crippen molar-refractivity contribution >= 4 is 51.9 Å². The molecule has 0 aliphatic carbocycles. The number of nitro benzene ring substituents is 1. The van der Waals surface area contributed by atoms with Crippen molar-refractivity contribution in [2.24, 2.45) is 0 Å². The molecule has 0 bridgehead atoms. The number of nitro groups is 1. The zero-order valence-electron chi connectivity index (χ0n) is 13.7. The normalized spacial score (nSPS) is 11.3. The Kier molecular flexibility index (Phi) is 5.11. The minimum Gasteiger partial charge on any atom is -0.504 e. The second kappa shape index (κ2) is 7.32. The summed E-state index contributed by atoms with van der Waals surface area (Å²) in [6.07, 6.45) is 4.02. The molecule has 3 aromatic rings. The number of phenols is 1. The van der Waals surface area contributed by atoms with Crippen molar-refractivity contribution in [2.75, 3.05) is 0 Å².